The van der Waals surface area contributed by atoms with Gasteiger partial charge >= 0.3 is 0 Å². The predicted molar refractivity (Wildman–Crippen MR) is 107 cm³/mol. The average Bonchev–Trinajstić information content (AvgIpc) is 3.02. The predicted octanol–water partition coefficient (Wildman–Crippen LogP) is 5.50. The Morgan fingerprint density at radius 3 is 2.42 bits per heavy atom. The van der Waals surface area contributed by atoms with Gasteiger partial charge in [-0.25, -0.2) is 8.78 Å². The van der Waals surface area contributed by atoms with Crippen LogP contribution in [0.25, 0.3) is 0 Å². The van der Waals surface area contributed by atoms with Gasteiger partial charge in [-0.3, -0.25) is 0 Å². The van der Waals surface area contributed by atoms with Gasteiger partial charge in [-0.2, -0.15) is 0 Å². The molecule has 2 aromatic rings. The molecule has 6 heteroatoms. The molecule has 0 aliphatic heterocycles. The first-order chi connectivity index (χ1) is 12.5. The molecule has 1 aliphatic carbocycles. The molecule has 1 saturated carbocycles. The van der Waals surface area contributed by atoms with E-state index >= 15 is 0 Å². The van der Waals surface area contributed by atoms with E-state index < -0.39 is 11.6 Å². The highest BCUT2D eigenvalue weighted by atomic mass is 79.9. The summed E-state index contributed by atoms with van der Waals surface area (Å²) in [6, 6.07) is 5.71. The van der Waals surface area contributed by atoms with E-state index in [-0.39, 0.29) is 11.6 Å². The summed E-state index contributed by atoms with van der Waals surface area (Å²) in [6.45, 7) is 0.800. The summed E-state index contributed by atoms with van der Waals surface area (Å²) in [5, 5.41) is 5.90. The molecule has 3 N–H and O–H groups in total. The van der Waals surface area contributed by atoms with E-state index in [1.54, 1.807) is 11.3 Å². The Morgan fingerprint density at radius 1 is 1.12 bits per heavy atom. The lowest BCUT2D eigenvalue weighted by atomic mass is 9.80. The summed E-state index contributed by atoms with van der Waals surface area (Å²) >= 11 is 5.36. The lowest BCUT2D eigenvalue weighted by Gasteiger charge is -2.38. The minimum absolute atomic E-state index is 0.0413. The van der Waals surface area contributed by atoms with E-state index in [1.165, 1.54) is 36.3 Å². The Bertz CT molecular complexity index is 708. The van der Waals surface area contributed by atoms with Crippen molar-refractivity contribution in [1.82, 2.24) is 5.32 Å². The Labute approximate surface area is 166 Å². The molecule has 1 aliphatic rings. The molecule has 0 saturated heterocycles. The topological polar surface area (TPSA) is 38.0 Å². The van der Waals surface area contributed by atoms with Crippen molar-refractivity contribution in [2.75, 3.05) is 6.54 Å². The molecule has 0 amide bonds. The SMILES string of the molecule is NC(CCNC1(c2cc(Br)cs2)CCCCC1)Cc1cc(F)cc(F)c1. The zero-order valence-electron chi connectivity index (χ0n) is 14.7. The lowest BCUT2D eigenvalue weighted by molar-refractivity contribution is 0.236. The molecule has 0 bridgehead atoms. The van der Waals surface area contributed by atoms with Gasteiger partial charge in [0.05, 0.1) is 5.54 Å². The maximum atomic E-state index is 13.3. The van der Waals surface area contributed by atoms with Crippen molar-refractivity contribution in [3.05, 3.63) is 56.2 Å². The third-order valence-corrected chi connectivity index (χ3v) is 7.04. The second-order valence-corrected chi connectivity index (χ2v) is 9.06. The van der Waals surface area contributed by atoms with Gasteiger partial charge in [-0.05, 0) is 71.9 Å². The van der Waals surface area contributed by atoms with E-state index in [1.807, 2.05) is 0 Å². The van der Waals surface area contributed by atoms with Gasteiger partial charge in [0.1, 0.15) is 11.6 Å². The Balaban J connectivity index is 1.57. The molecule has 0 radical (unpaired) electrons. The molecule has 2 nitrogen and oxygen atoms in total. The molecule has 142 valence electrons. The molecule has 1 aromatic carbocycles. The molecular formula is C20H25BrF2N2S. The first-order valence-electron chi connectivity index (χ1n) is 9.17. The van der Waals surface area contributed by atoms with Gasteiger partial charge in [0, 0.05) is 26.8 Å². The van der Waals surface area contributed by atoms with Crippen LogP contribution in [0.5, 0.6) is 0 Å². The lowest BCUT2D eigenvalue weighted by Crippen LogP contribution is -2.45. The maximum Gasteiger partial charge on any atom is 0.126 e. The van der Waals surface area contributed by atoms with E-state index in [9.17, 15) is 8.78 Å². The van der Waals surface area contributed by atoms with Gasteiger partial charge in [-0.15, -0.1) is 11.3 Å². The Hall–Kier alpha value is -0.820. The van der Waals surface area contributed by atoms with Crippen LogP contribution in [0.1, 0.15) is 49.0 Å². The highest BCUT2D eigenvalue weighted by Crippen LogP contribution is 2.40. The molecule has 1 aromatic heterocycles. The summed E-state index contributed by atoms with van der Waals surface area (Å²) in [5.74, 6) is -1.09. The van der Waals surface area contributed by atoms with Gasteiger partial charge in [0.2, 0.25) is 0 Å². The third-order valence-electron chi connectivity index (χ3n) is 5.14. The number of benzene rings is 1. The van der Waals surface area contributed by atoms with Gasteiger partial charge in [0.25, 0.3) is 0 Å². The van der Waals surface area contributed by atoms with Gasteiger partial charge in [-0.1, -0.05) is 19.3 Å². The molecule has 26 heavy (non-hydrogen) atoms. The van der Waals surface area contributed by atoms with Crippen molar-refractivity contribution in [2.24, 2.45) is 5.73 Å². The molecule has 1 atom stereocenters. The standard InChI is InChI=1S/C20H25BrF2N2S/c21-15-11-19(26-13-15)20(5-2-1-3-6-20)25-7-4-18(24)10-14-8-16(22)12-17(23)9-14/h8-9,11-13,18,25H,1-7,10,24H2. The smallest absolute Gasteiger partial charge is 0.126 e. The number of halogens is 3. The fourth-order valence-corrected chi connectivity index (χ4v) is 5.53. The summed E-state index contributed by atoms with van der Waals surface area (Å²) in [7, 11) is 0. The molecule has 0 spiro atoms. The second kappa shape index (κ2) is 8.91. The van der Waals surface area contributed by atoms with Crippen molar-refractivity contribution in [1.29, 1.82) is 0 Å². The maximum absolute atomic E-state index is 13.3. The zero-order chi connectivity index (χ0) is 18.6. The number of hydrogen-bond donors (Lipinski definition) is 2. The van der Waals surface area contributed by atoms with Crippen molar-refractivity contribution in [3.8, 4) is 0 Å². The monoisotopic (exact) mass is 442 g/mol. The van der Waals surface area contributed by atoms with E-state index in [0.29, 0.717) is 12.0 Å². The van der Waals surface area contributed by atoms with Gasteiger partial charge in [0.15, 0.2) is 0 Å². The molecule has 1 unspecified atom stereocenters. The molecule has 3 rings (SSSR count). The van der Waals surface area contributed by atoms with Crippen LogP contribution >= 0.6 is 27.3 Å². The van der Waals surface area contributed by atoms with Crippen molar-refractivity contribution >= 4 is 27.3 Å². The third kappa shape index (κ3) is 5.12. The minimum atomic E-state index is -0.547. The van der Waals surface area contributed by atoms with Gasteiger partial charge < -0.3 is 11.1 Å². The van der Waals surface area contributed by atoms with Crippen molar-refractivity contribution in [2.45, 2.75) is 56.5 Å². The largest absolute Gasteiger partial charge is 0.327 e. The average molecular weight is 443 g/mol. The van der Waals surface area contributed by atoms with Crippen LogP contribution in [0.3, 0.4) is 0 Å². The zero-order valence-corrected chi connectivity index (χ0v) is 17.1. The van der Waals surface area contributed by atoms with Crippen molar-refractivity contribution < 1.29 is 8.78 Å². The number of thiophene rings is 1. The molecule has 1 heterocycles. The first kappa shape index (κ1) is 19.9. The number of nitrogens with one attached hydrogen (secondary N) is 1. The number of nitrogens with two attached hydrogens (primary N) is 1. The summed E-state index contributed by atoms with van der Waals surface area (Å²) < 4.78 is 27.8. The Kier molecular flexibility index (Phi) is 6.83. The number of rotatable bonds is 7. The van der Waals surface area contributed by atoms with E-state index in [0.717, 1.165) is 36.3 Å². The van der Waals surface area contributed by atoms with Crippen LogP contribution < -0.4 is 11.1 Å². The van der Waals surface area contributed by atoms with Crippen LogP contribution in [-0.4, -0.2) is 12.6 Å². The van der Waals surface area contributed by atoms with Crippen molar-refractivity contribution in [3.63, 3.8) is 0 Å². The fraction of sp³-hybridized carbons (Fsp3) is 0.500. The number of hydrogen-bond acceptors (Lipinski definition) is 3. The Morgan fingerprint density at radius 2 is 1.81 bits per heavy atom. The summed E-state index contributed by atoms with van der Waals surface area (Å²) in [5.41, 5.74) is 6.87. The van der Waals surface area contributed by atoms with Crippen LogP contribution in [0.2, 0.25) is 0 Å². The highest BCUT2D eigenvalue weighted by Gasteiger charge is 2.34. The summed E-state index contributed by atoms with van der Waals surface area (Å²) in [4.78, 5) is 1.38. The van der Waals surface area contributed by atoms with Crippen LogP contribution in [0.4, 0.5) is 8.78 Å². The highest BCUT2D eigenvalue weighted by molar-refractivity contribution is 9.10. The normalized spacial score (nSPS) is 18.0. The molecular weight excluding hydrogens is 418 g/mol. The van der Waals surface area contributed by atoms with Crippen LogP contribution in [0, 0.1) is 11.6 Å². The second-order valence-electron chi connectivity index (χ2n) is 7.23. The first-order valence-corrected chi connectivity index (χ1v) is 10.8. The van der Waals surface area contributed by atoms with E-state index in [4.69, 9.17) is 5.73 Å². The van der Waals surface area contributed by atoms with Crippen LogP contribution in [-0.2, 0) is 12.0 Å². The summed E-state index contributed by atoms with van der Waals surface area (Å²) in [6.07, 6.45) is 7.30. The quantitative estimate of drug-likeness (QED) is 0.593. The van der Waals surface area contributed by atoms with E-state index in [2.05, 4.69) is 32.7 Å². The van der Waals surface area contributed by atoms with Crippen LogP contribution in [0.15, 0.2) is 34.1 Å². The fourth-order valence-electron chi connectivity index (χ4n) is 3.86. The molecule has 1 fully saturated rings. The minimum Gasteiger partial charge on any atom is -0.327 e.